The van der Waals surface area contributed by atoms with Crippen molar-refractivity contribution in [2.24, 2.45) is 0 Å². The number of piperazine rings is 1. The minimum absolute atomic E-state index is 0.0200. The summed E-state index contributed by atoms with van der Waals surface area (Å²) < 4.78 is 18.8. The number of hydrogen-bond acceptors (Lipinski definition) is 5. The molecule has 0 saturated carbocycles. The van der Waals surface area contributed by atoms with Crippen LogP contribution < -0.4 is 9.64 Å². The zero-order chi connectivity index (χ0) is 20.9. The number of carbonyl (C=O) groups is 1. The van der Waals surface area contributed by atoms with Crippen LogP contribution in [0.3, 0.4) is 0 Å². The largest absolute Gasteiger partial charge is 0.493 e. The molecule has 0 radical (unpaired) electrons. The Hall–Kier alpha value is -3.48. The quantitative estimate of drug-likeness (QED) is 0.647. The third-order valence-corrected chi connectivity index (χ3v) is 5.10. The van der Waals surface area contributed by atoms with Crippen molar-refractivity contribution < 1.29 is 13.9 Å². The standard InChI is InChI=1S/C23H23FN4O2/c1-2-30-21-6-4-3-5-19(21)23(29)28-13-11-27(12-14-28)22-15-20(25-16-26-22)17-7-9-18(24)10-8-17/h3-10,15-16H,2,11-14H2,1H3. The number of nitrogens with zero attached hydrogens (tertiary/aromatic N) is 4. The lowest BCUT2D eigenvalue weighted by Gasteiger charge is -2.35. The molecule has 1 amide bonds. The molecule has 30 heavy (non-hydrogen) atoms. The van der Waals surface area contributed by atoms with Gasteiger partial charge in [0.05, 0.1) is 17.9 Å². The first-order valence-corrected chi connectivity index (χ1v) is 9.99. The first kappa shape index (κ1) is 19.8. The molecule has 1 saturated heterocycles. The molecule has 2 heterocycles. The lowest BCUT2D eigenvalue weighted by molar-refractivity contribution is 0.0742. The van der Waals surface area contributed by atoms with Crippen molar-refractivity contribution >= 4 is 11.7 Å². The highest BCUT2D eigenvalue weighted by molar-refractivity contribution is 5.97. The van der Waals surface area contributed by atoms with Gasteiger partial charge < -0.3 is 14.5 Å². The minimum Gasteiger partial charge on any atom is -0.493 e. The van der Waals surface area contributed by atoms with Crippen molar-refractivity contribution in [3.8, 4) is 17.0 Å². The van der Waals surface area contributed by atoms with Gasteiger partial charge in [-0.05, 0) is 43.3 Å². The summed E-state index contributed by atoms with van der Waals surface area (Å²) in [5.74, 6) is 1.12. The molecule has 1 aliphatic rings. The second-order valence-corrected chi connectivity index (χ2v) is 6.98. The number of aromatic nitrogens is 2. The van der Waals surface area contributed by atoms with E-state index in [0.29, 0.717) is 44.1 Å². The number of benzene rings is 2. The number of carbonyl (C=O) groups excluding carboxylic acids is 1. The lowest BCUT2D eigenvalue weighted by Crippen LogP contribution is -2.49. The third-order valence-electron chi connectivity index (χ3n) is 5.10. The third kappa shape index (κ3) is 4.25. The van der Waals surface area contributed by atoms with E-state index in [2.05, 4.69) is 14.9 Å². The van der Waals surface area contributed by atoms with Crippen molar-refractivity contribution in [1.82, 2.24) is 14.9 Å². The first-order valence-electron chi connectivity index (χ1n) is 9.99. The first-order chi connectivity index (χ1) is 14.7. The van der Waals surface area contributed by atoms with Crippen molar-refractivity contribution in [1.29, 1.82) is 0 Å². The van der Waals surface area contributed by atoms with Crippen LogP contribution in [0.5, 0.6) is 5.75 Å². The van der Waals surface area contributed by atoms with Crippen molar-refractivity contribution in [2.45, 2.75) is 6.92 Å². The molecule has 2 aromatic carbocycles. The van der Waals surface area contributed by atoms with Gasteiger partial charge in [0, 0.05) is 37.8 Å². The minimum atomic E-state index is -0.278. The van der Waals surface area contributed by atoms with Crippen LogP contribution in [0, 0.1) is 5.82 Å². The van der Waals surface area contributed by atoms with E-state index in [1.54, 1.807) is 18.2 Å². The van der Waals surface area contributed by atoms with E-state index in [1.807, 2.05) is 36.1 Å². The van der Waals surface area contributed by atoms with Crippen LogP contribution in [0.4, 0.5) is 10.2 Å². The predicted octanol–water partition coefficient (Wildman–Crippen LogP) is 3.64. The summed E-state index contributed by atoms with van der Waals surface area (Å²) in [6.07, 6.45) is 1.52. The van der Waals surface area contributed by atoms with Gasteiger partial charge in [-0.3, -0.25) is 4.79 Å². The smallest absolute Gasteiger partial charge is 0.257 e. The van der Waals surface area contributed by atoms with Gasteiger partial charge in [-0.2, -0.15) is 0 Å². The van der Waals surface area contributed by atoms with E-state index < -0.39 is 0 Å². The maximum absolute atomic E-state index is 13.2. The van der Waals surface area contributed by atoms with Crippen molar-refractivity contribution in [3.63, 3.8) is 0 Å². The molecule has 7 heteroatoms. The van der Waals surface area contributed by atoms with Gasteiger partial charge in [0.2, 0.25) is 0 Å². The van der Waals surface area contributed by atoms with Crippen LogP contribution in [-0.2, 0) is 0 Å². The van der Waals surface area contributed by atoms with E-state index in [9.17, 15) is 9.18 Å². The molecule has 3 aromatic rings. The fourth-order valence-electron chi connectivity index (χ4n) is 3.53. The molecule has 0 N–H and O–H groups in total. The molecule has 0 bridgehead atoms. The number of amides is 1. The summed E-state index contributed by atoms with van der Waals surface area (Å²) in [7, 11) is 0. The average molecular weight is 406 g/mol. The molecule has 4 rings (SSSR count). The second-order valence-electron chi connectivity index (χ2n) is 6.98. The highest BCUT2D eigenvalue weighted by Crippen LogP contribution is 2.24. The average Bonchev–Trinajstić information content (AvgIpc) is 2.80. The summed E-state index contributed by atoms with van der Waals surface area (Å²) in [5.41, 5.74) is 2.17. The molecule has 6 nitrogen and oxygen atoms in total. The Morgan fingerprint density at radius 2 is 1.77 bits per heavy atom. The van der Waals surface area contributed by atoms with Gasteiger partial charge in [-0.1, -0.05) is 12.1 Å². The number of rotatable bonds is 5. The van der Waals surface area contributed by atoms with Gasteiger partial charge >= 0.3 is 0 Å². The number of anilines is 1. The molecular formula is C23H23FN4O2. The highest BCUT2D eigenvalue weighted by Gasteiger charge is 2.25. The number of ether oxygens (including phenoxy) is 1. The van der Waals surface area contributed by atoms with Gasteiger partial charge in [0.1, 0.15) is 23.7 Å². The van der Waals surface area contributed by atoms with Gasteiger partial charge in [-0.25, -0.2) is 14.4 Å². The zero-order valence-corrected chi connectivity index (χ0v) is 16.8. The summed E-state index contributed by atoms with van der Waals surface area (Å²) in [5, 5.41) is 0. The molecule has 0 unspecified atom stereocenters. The predicted molar refractivity (Wildman–Crippen MR) is 113 cm³/mol. The SMILES string of the molecule is CCOc1ccccc1C(=O)N1CCN(c2cc(-c3ccc(F)cc3)ncn2)CC1. The van der Waals surface area contributed by atoms with Gasteiger partial charge in [0.25, 0.3) is 5.91 Å². The number of halogens is 1. The lowest BCUT2D eigenvalue weighted by atomic mass is 10.1. The van der Waals surface area contributed by atoms with Crippen LogP contribution in [0.15, 0.2) is 60.9 Å². The Kier molecular flexibility index (Phi) is 5.88. The van der Waals surface area contributed by atoms with E-state index in [0.717, 1.165) is 17.1 Å². The molecular weight excluding hydrogens is 383 g/mol. The van der Waals surface area contributed by atoms with Crippen LogP contribution in [0.25, 0.3) is 11.3 Å². The molecule has 154 valence electrons. The molecule has 1 aliphatic heterocycles. The van der Waals surface area contributed by atoms with E-state index in [4.69, 9.17) is 4.74 Å². The Labute approximate surface area is 174 Å². The van der Waals surface area contributed by atoms with Crippen LogP contribution >= 0.6 is 0 Å². The van der Waals surface area contributed by atoms with Crippen LogP contribution in [0.1, 0.15) is 17.3 Å². The Morgan fingerprint density at radius 3 is 2.50 bits per heavy atom. The molecule has 1 fully saturated rings. The van der Waals surface area contributed by atoms with E-state index in [-0.39, 0.29) is 11.7 Å². The van der Waals surface area contributed by atoms with Gasteiger partial charge in [-0.15, -0.1) is 0 Å². The van der Waals surface area contributed by atoms with Gasteiger partial charge in [0.15, 0.2) is 0 Å². The van der Waals surface area contributed by atoms with E-state index in [1.165, 1.54) is 18.5 Å². The van der Waals surface area contributed by atoms with Crippen LogP contribution in [0.2, 0.25) is 0 Å². The van der Waals surface area contributed by atoms with E-state index >= 15 is 0 Å². The molecule has 0 atom stereocenters. The Bertz CT molecular complexity index is 1020. The molecule has 0 aliphatic carbocycles. The topological polar surface area (TPSA) is 58.6 Å². The maximum atomic E-state index is 13.2. The van der Waals surface area contributed by atoms with Crippen LogP contribution in [-0.4, -0.2) is 53.6 Å². The zero-order valence-electron chi connectivity index (χ0n) is 16.8. The summed E-state index contributed by atoms with van der Waals surface area (Å²) in [6.45, 7) is 4.94. The summed E-state index contributed by atoms with van der Waals surface area (Å²) >= 11 is 0. The molecule has 1 aromatic heterocycles. The normalized spacial score (nSPS) is 13.9. The summed E-state index contributed by atoms with van der Waals surface area (Å²) in [4.78, 5) is 25.6. The van der Waals surface area contributed by atoms with Crippen molar-refractivity contribution in [2.75, 3.05) is 37.7 Å². The summed E-state index contributed by atoms with van der Waals surface area (Å²) in [6, 6.07) is 15.5. The molecule has 0 spiro atoms. The maximum Gasteiger partial charge on any atom is 0.257 e. The second kappa shape index (κ2) is 8.90. The Balaban J connectivity index is 1.44. The monoisotopic (exact) mass is 406 g/mol. The fourth-order valence-corrected chi connectivity index (χ4v) is 3.53. The highest BCUT2D eigenvalue weighted by atomic mass is 19.1. The van der Waals surface area contributed by atoms with Crippen molar-refractivity contribution in [3.05, 3.63) is 72.3 Å². The fraction of sp³-hybridized carbons (Fsp3) is 0.261. The number of hydrogen-bond donors (Lipinski definition) is 0. The Morgan fingerprint density at radius 1 is 1.03 bits per heavy atom. The number of para-hydroxylation sites is 1.